The van der Waals surface area contributed by atoms with Crippen LogP contribution in [0.4, 0.5) is 13.2 Å². The van der Waals surface area contributed by atoms with Crippen molar-refractivity contribution in [3.63, 3.8) is 0 Å². The van der Waals surface area contributed by atoms with Crippen molar-refractivity contribution in [1.82, 2.24) is 9.78 Å². The van der Waals surface area contributed by atoms with Gasteiger partial charge in [0, 0.05) is 0 Å². The maximum absolute atomic E-state index is 12.5. The smallest absolute Gasteiger partial charge is 0.465 e. The van der Waals surface area contributed by atoms with Gasteiger partial charge in [-0.1, -0.05) is 18.2 Å². The van der Waals surface area contributed by atoms with Crippen LogP contribution in [-0.4, -0.2) is 36.3 Å². The van der Waals surface area contributed by atoms with Gasteiger partial charge in [-0.2, -0.15) is 21.6 Å². The van der Waals surface area contributed by atoms with Crippen LogP contribution < -0.4 is 14.5 Å². The molecule has 1 aromatic heterocycles. The second-order valence-corrected chi connectivity index (χ2v) is 6.55. The van der Waals surface area contributed by atoms with E-state index in [1.54, 1.807) is 18.2 Å². The highest BCUT2D eigenvalue weighted by atomic mass is 32.2. The van der Waals surface area contributed by atoms with Crippen LogP contribution in [0.1, 0.15) is 6.92 Å². The average molecular weight is 422 g/mol. The van der Waals surface area contributed by atoms with Crippen LogP contribution in [0.15, 0.2) is 41.2 Å². The number of para-hydroxylation sites is 1. The number of carbonyl (C=O) groups excluding carboxylic acids is 1. The summed E-state index contributed by atoms with van der Waals surface area (Å²) >= 11 is 0. The Morgan fingerprint density at radius 2 is 1.86 bits per heavy atom. The van der Waals surface area contributed by atoms with Gasteiger partial charge in [0.2, 0.25) is 0 Å². The Bertz CT molecular complexity index is 1000. The monoisotopic (exact) mass is 422 g/mol. The summed E-state index contributed by atoms with van der Waals surface area (Å²) in [6, 6.07) is 8.19. The van der Waals surface area contributed by atoms with Gasteiger partial charge >= 0.3 is 27.2 Å². The van der Waals surface area contributed by atoms with Crippen molar-refractivity contribution >= 4 is 16.1 Å². The molecule has 0 saturated carbocycles. The summed E-state index contributed by atoms with van der Waals surface area (Å²) in [4.78, 5) is 24.0. The van der Waals surface area contributed by atoms with Crippen LogP contribution in [0.25, 0.3) is 0 Å². The first-order chi connectivity index (χ1) is 13.0. The molecule has 13 heteroatoms. The predicted molar refractivity (Wildman–Crippen MR) is 87.2 cm³/mol. The van der Waals surface area contributed by atoms with E-state index in [2.05, 4.69) is 14.0 Å². The lowest BCUT2D eigenvalue weighted by atomic mass is 10.3. The number of benzene rings is 1. The van der Waals surface area contributed by atoms with Gasteiger partial charge in [-0.3, -0.25) is 9.59 Å². The van der Waals surface area contributed by atoms with Crippen molar-refractivity contribution in [2.75, 3.05) is 6.61 Å². The number of esters is 1. The normalized spacial score (nSPS) is 11.7. The molecule has 2 aromatic rings. The molecule has 0 atom stereocenters. The third kappa shape index (κ3) is 5.22. The van der Waals surface area contributed by atoms with Crippen LogP contribution >= 0.6 is 0 Å². The van der Waals surface area contributed by atoms with E-state index in [-0.39, 0.29) is 12.4 Å². The topological polar surface area (TPSA) is 114 Å². The Hall–Kier alpha value is -3.09. The molecule has 2 rings (SSSR count). The molecule has 28 heavy (non-hydrogen) atoms. The number of halogens is 3. The highest BCUT2D eigenvalue weighted by Gasteiger charge is 2.49. The lowest BCUT2D eigenvalue weighted by Crippen LogP contribution is -2.31. The zero-order chi connectivity index (χ0) is 20.9. The molecule has 9 nitrogen and oxygen atoms in total. The molecule has 0 aliphatic carbocycles. The molecule has 0 spiro atoms. The van der Waals surface area contributed by atoms with Crippen molar-refractivity contribution < 1.29 is 40.0 Å². The van der Waals surface area contributed by atoms with Gasteiger partial charge in [-0.15, -0.1) is 5.10 Å². The average Bonchev–Trinajstić information content (AvgIpc) is 2.58. The minimum Gasteiger partial charge on any atom is -0.465 e. The Balaban J connectivity index is 2.48. The quantitative estimate of drug-likeness (QED) is 0.377. The van der Waals surface area contributed by atoms with Crippen molar-refractivity contribution in [3.8, 4) is 17.4 Å². The first-order valence-electron chi connectivity index (χ1n) is 7.55. The number of carbonyl (C=O) groups is 1. The fraction of sp³-hybridized carbons (Fsp3) is 0.267. The van der Waals surface area contributed by atoms with Crippen molar-refractivity contribution in [2.24, 2.45) is 0 Å². The Morgan fingerprint density at radius 3 is 2.43 bits per heavy atom. The van der Waals surface area contributed by atoms with E-state index in [1.165, 1.54) is 19.1 Å². The standard InChI is InChI=1S/C15H13F3N2O7S/c1-2-25-13(21)9-20-14(22)11(26-10-6-4-3-5-7-10)8-12(19-20)27-28(23,24)15(16,17)18/h3-8H,2,9H2,1H3. The Morgan fingerprint density at radius 1 is 1.21 bits per heavy atom. The van der Waals surface area contributed by atoms with Gasteiger partial charge in [0.1, 0.15) is 12.3 Å². The lowest BCUT2D eigenvalue weighted by Gasteiger charge is -2.12. The maximum Gasteiger partial charge on any atom is 0.534 e. The molecule has 0 aliphatic heterocycles. The summed E-state index contributed by atoms with van der Waals surface area (Å²) in [6.45, 7) is 0.661. The van der Waals surface area contributed by atoms with Gasteiger partial charge in [0.25, 0.3) is 5.88 Å². The van der Waals surface area contributed by atoms with Crippen molar-refractivity contribution in [1.29, 1.82) is 0 Å². The van der Waals surface area contributed by atoms with E-state index in [9.17, 15) is 31.2 Å². The van der Waals surface area contributed by atoms with E-state index in [1.807, 2.05) is 0 Å². The second kappa shape index (κ2) is 8.29. The molecule has 1 aromatic carbocycles. The fourth-order valence-electron chi connectivity index (χ4n) is 1.82. The molecule has 152 valence electrons. The molecule has 0 saturated heterocycles. The molecular weight excluding hydrogens is 409 g/mol. The molecule has 0 N–H and O–H groups in total. The van der Waals surface area contributed by atoms with Gasteiger partial charge in [-0.05, 0) is 19.1 Å². The van der Waals surface area contributed by atoms with Crippen LogP contribution in [-0.2, 0) is 26.2 Å². The van der Waals surface area contributed by atoms with Crippen molar-refractivity contribution in [2.45, 2.75) is 19.0 Å². The molecule has 0 bridgehead atoms. The van der Waals surface area contributed by atoms with Gasteiger partial charge in [0.15, 0.2) is 5.75 Å². The van der Waals surface area contributed by atoms with E-state index in [0.29, 0.717) is 10.7 Å². The first-order valence-corrected chi connectivity index (χ1v) is 8.95. The summed E-state index contributed by atoms with van der Waals surface area (Å²) in [5.74, 6) is -2.54. The molecule has 0 unspecified atom stereocenters. The number of alkyl halides is 3. The van der Waals surface area contributed by atoms with Crippen LogP contribution in [0.2, 0.25) is 0 Å². The summed E-state index contributed by atoms with van der Waals surface area (Å²) in [6.07, 6.45) is 0. The van der Waals surface area contributed by atoms with E-state index < -0.39 is 45.3 Å². The molecule has 0 aliphatic rings. The first kappa shape index (κ1) is 21.2. The van der Waals surface area contributed by atoms with Crippen molar-refractivity contribution in [3.05, 3.63) is 46.8 Å². The largest absolute Gasteiger partial charge is 0.534 e. The SMILES string of the molecule is CCOC(=O)Cn1nc(OS(=O)(=O)C(F)(F)F)cc(Oc2ccccc2)c1=O. The maximum atomic E-state index is 12.5. The molecular formula is C15H13F3N2O7S. The zero-order valence-corrected chi connectivity index (χ0v) is 15.0. The summed E-state index contributed by atoms with van der Waals surface area (Å²) in [5, 5.41) is 3.32. The second-order valence-electron chi connectivity index (χ2n) is 5.01. The van der Waals surface area contributed by atoms with Gasteiger partial charge < -0.3 is 13.7 Å². The Labute approximate surface area is 156 Å². The summed E-state index contributed by atoms with van der Waals surface area (Å²) in [7, 11) is -6.06. The molecule has 1 heterocycles. The van der Waals surface area contributed by atoms with E-state index in [0.717, 1.165) is 0 Å². The molecule has 0 radical (unpaired) electrons. The number of ether oxygens (including phenoxy) is 2. The molecule has 0 amide bonds. The Kier molecular flexibility index (Phi) is 6.28. The number of rotatable bonds is 7. The number of hydrogen-bond acceptors (Lipinski definition) is 8. The summed E-state index contributed by atoms with van der Waals surface area (Å²) in [5.41, 5.74) is -6.74. The van der Waals surface area contributed by atoms with Crippen LogP contribution in [0.5, 0.6) is 17.4 Å². The number of nitrogens with zero attached hydrogens (tertiary/aromatic N) is 2. The highest BCUT2D eigenvalue weighted by Crippen LogP contribution is 2.27. The predicted octanol–water partition coefficient (Wildman–Crippen LogP) is 1.83. The number of hydrogen-bond donors (Lipinski definition) is 0. The third-order valence-corrected chi connectivity index (χ3v) is 3.91. The molecule has 0 fully saturated rings. The highest BCUT2D eigenvalue weighted by molar-refractivity contribution is 7.87. The minimum atomic E-state index is -6.06. The van der Waals surface area contributed by atoms with Crippen LogP contribution in [0.3, 0.4) is 0 Å². The lowest BCUT2D eigenvalue weighted by molar-refractivity contribution is -0.144. The fourth-order valence-corrected chi connectivity index (χ4v) is 2.22. The minimum absolute atomic E-state index is 0.0282. The third-order valence-electron chi connectivity index (χ3n) is 2.95. The van der Waals surface area contributed by atoms with E-state index in [4.69, 9.17) is 4.74 Å². The van der Waals surface area contributed by atoms with Gasteiger partial charge in [-0.25, -0.2) is 4.68 Å². The zero-order valence-electron chi connectivity index (χ0n) is 14.2. The van der Waals surface area contributed by atoms with Gasteiger partial charge in [0.05, 0.1) is 12.7 Å². The van der Waals surface area contributed by atoms with Crippen LogP contribution in [0, 0.1) is 0 Å². The number of aromatic nitrogens is 2. The summed E-state index contributed by atoms with van der Waals surface area (Å²) < 4.78 is 74.2. The van der Waals surface area contributed by atoms with E-state index >= 15 is 0 Å².